The van der Waals surface area contributed by atoms with E-state index in [2.05, 4.69) is 36.5 Å². The lowest BCUT2D eigenvalue weighted by molar-refractivity contribution is 0.382. The molecule has 0 bridgehead atoms. The van der Waals surface area contributed by atoms with Crippen molar-refractivity contribution in [3.05, 3.63) is 28.8 Å². The van der Waals surface area contributed by atoms with E-state index in [0.29, 0.717) is 11.9 Å². The summed E-state index contributed by atoms with van der Waals surface area (Å²) in [5, 5.41) is 14.8. The molecule has 1 unspecified atom stereocenters. The molecule has 1 saturated heterocycles. The number of fused-ring (bicyclic) bond motifs is 1. The van der Waals surface area contributed by atoms with Gasteiger partial charge >= 0.3 is 0 Å². The fourth-order valence-electron chi connectivity index (χ4n) is 3.29. The van der Waals surface area contributed by atoms with Gasteiger partial charge in [-0.25, -0.2) is 4.98 Å². The smallest absolute Gasteiger partial charge is 0.165 e. The molecule has 0 aromatic carbocycles. The first-order valence-corrected chi connectivity index (χ1v) is 9.07. The van der Waals surface area contributed by atoms with Gasteiger partial charge in [0, 0.05) is 23.4 Å². The number of hydrogen-bond donors (Lipinski definition) is 3. The number of aryl methyl sites for hydroxylation is 1. The molecule has 8 heteroatoms. The molecule has 1 aliphatic heterocycles. The molecule has 1 aliphatic rings. The number of aromatic amines is 1. The minimum absolute atomic E-state index is 0.572. The zero-order valence-electron chi connectivity index (χ0n) is 13.3. The zero-order valence-corrected chi connectivity index (χ0v) is 14.9. The molecule has 0 amide bonds. The van der Waals surface area contributed by atoms with Crippen LogP contribution in [0.1, 0.15) is 31.4 Å². The molecule has 0 saturated carbocycles. The van der Waals surface area contributed by atoms with Gasteiger partial charge in [0.1, 0.15) is 5.82 Å². The zero-order chi connectivity index (χ0) is 16.5. The SMILES string of the molecule is Nc1c(Br)c(CCC2CCCCN2)nc2c(-c3cn[nH]c3)cnn12. The topological polar surface area (TPSA) is 96.9 Å². The summed E-state index contributed by atoms with van der Waals surface area (Å²) in [5.41, 5.74) is 9.91. The predicted molar refractivity (Wildman–Crippen MR) is 96.6 cm³/mol. The van der Waals surface area contributed by atoms with Crippen molar-refractivity contribution in [2.75, 3.05) is 12.3 Å². The van der Waals surface area contributed by atoms with Gasteiger partial charge in [0.2, 0.25) is 0 Å². The standard InChI is InChI=1S/C16H20BrN7/c17-14-13(5-4-11-3-1-2-6-19-11)23-16-12(10-7-20-21-8-10)9-22-24(16)15(14)18/h7-9,11,19H,1-6,18H2,(H,20,21). The van der Waals surface area contributed by atoms with Gasteiger partial charge in [-0.15, -0.1) is 0 Å². The number of nitrogen functional groups attached to an aromatic ring is 1. The molecule has 0 aliphatic carbocycles. The number of nitrogens with one attached hydrogen (secondary N) is 2. The van der Waals surface area contributed by atoms with Gasteiger partial charge in [-0.1, -0.05) is 6.42 Å². The summed E-state index contributed by atoms with van der Waals surface area (Å²) in [6.07, 6.45) is 11.2. The van der Waals surface area contributed by atoms with Crippen LogP contribution in [-0.4, -0.2) is 37.4 Å². The number of H-pyrrole nitrogens is 1. The minimum atomic E-state index is 0.572. The highest BCUT2D eigenvalue weighted by atomic mass is 79.9. The van der Waals surface area contributed by atoms with Crippen LogP contribution < -0.4 is 11.1 Å². The molecule has 1 fully saturated rings. The van der Waals surface area contributed by atoms with Crippen molar-refractivity contribution in [2.45, 2.75) is 38.1 Å². The van der Waals surface area contributed by atoms with Gasteiger partial charge in [0.15, 0.2) is 5.65 Å². The van der Waals surface area contributed by atoms with Gasteiger partial charge < -0.3 is 11.1 Å². The molecule has 4 rings (SSSR count). The molecule has 3 aromatic rings. The van der Waals surface area contributed by atoms with Crippen molar-refractivity contribution in [1.29, 1.82) is 0 Å². The first kappa shape index (κ1) is 15.6. The Balaban J connectivity index is 1.67. The van der Waals surface area contributed by atoms with E-state index in [1.54, 1.807) is 16.9 Å². The van der Waals surface area contributed by atoms with Crippen LogP contribution in [0.25, 0.3) is 16.8 Å². The highest BCUT2D eigenvalue weighted by Crippen LogP contribution is 2.30. The minimum Gasteiger partial charge on any atom is -0.383 e. The highest BCUT2D eigenvalue weighted by molar-refractivity contribution is 9.10. The average Bonchev–Trinajstić information content (AvgIpc) is 3.27. The maximum absolute atomic E-state index is 6.27. The van der Waals surface area contributed by atoms with Crippen LogP contribution in [0.5, 0.6) is 0 Å². The van der Waals surface area contributed by atoms with Crippen molar-refractivity contribution >= 4 is 27.4 Å². The van der Waals surface area contributed by atoms with Gasteiger partial charge in [-0.2, -0.15) is 14.7 Å². The molecule has 126 valence electrons. The summed E-state index contributed by atoms with van der Waals surface area (Å²) in [5.74, 6) is 0.585. The van der Waals surface area contributed by atoms with Crippen LogP contribution in [0.15, 0.2) is 23.1 Å². The van der Waals surface area contributed by atoms with Crippen molar-refractivity contribution in [3.8, 4) is 11.1 Å². The summed E-state index contributed by atoms with van der Waals surface area (Å²) < 4.78 is 2.52. The normalized spacial score (nSPS) is 18.3. The van der Waals surface area contributed by atoms with Crippen molar-refractivity contribution in [1.82, 2.24) is 30.1 Å². The lowest BCUT2D eigenvalue weighted by Crippen LogP contribution is -2.34. The largest absolute Gasteiger partial charge is 0.383 e. The number of halogens is 1. The molecule has 3 aromatic heterocycles. The lowest BCUT2D eigenvalue weighted by atomic mass is 9.99. The molecule has 24 heavy (non-hydrogen) atoms. The Hall–Kier alpha value is -1.93. The summed E-state index contributed by atoms with van der Waals surface area (Å²) in [7, 11) is 0. The highest BCUT2D eigenvalue weighted by Gasteiger charge is 2.18. The third kappa shape index (κ3) is 2.80. The van der Waals surface area contributed by atoms with Gasteiger partial charge in [-0.3, -0.25) is 5.10 Å². The number of aromatic nitrogens is 5. The molecular formula is C16H20BrN7. The van der Waals surface area contributed by atoms with E-state index in [9.17, 15) is 0 Å². The fraction of sp³-hybridized carbons (Fsp3) is 0.438. The van der Waals surface area contributed by atoms with E-state index in [4.69, 9.17) is 10.7 Å². The number of hydrogen-bond acceptors (Lipinski definition) is 5. The third-order valence-electron chi connectivity index (χ3n) is 4.64. The Labute approximate surface area is 148 Å². The second-order valence-electron chi connectivity index (χ2n) is 6.22. The van der Waals surface area contributed by atoms with E-state index < -0.39 is 0 Å². The molecule has 4 N–H and O–H groups in total. The summed E-state index contributed by atoms with van der Waals surface area (Å²) >= 11 is 3.60. The molecular weight excluding hydrogens is 370 g/mol. The fourth-order valence-corrected chi connectivity index (χ4v) is 3.75. The van der Waals surface area contributed by atoms with Crippen LogP contribution >= 0.6 is 15.9 Å². The van der Waals surface area contributed by atoms with Gasteiger partial charge in [0.25, 0.3) is 0 Å². The van der Waals surface area contributed by atoms with E-state index >= 15 is 0 Å². The maximum Gasteiger partial charge on any atom is 0.165 e. The van der Waals surface area contributed by atoms with Crippen molar-refractivity contribution in [2.24, 2.45) is 0 Å². The molecule has 4 heterocycles. The van der Waals surface area contributed by atoms with Crippen LogP contribution in [-0.2, 0) is 6.42 Å². The van der Waals surface area contributed by atoms with Gasteiger partial charge in [0.05, 0.1) is 22.6 Å². The maximum atomic E-state index is 6.27. The third-order valence-corrected chi connectivity index (χ3v) is 5.51. The van der Waals surface area contributed by atoms with E-state index in [1.165, 1.54) is 19.3 Å². The summed E-state index contributed by atoms with van der Waals surface area (Å²) in [6, 6.07) is 0.572. The summed E-state index contributed by atoms with van der Waals surface area (Å²) in [6.45, 7) is 1.12. The number of nitrogens with two attached hydrogens (primary N) is 1. The lowest BCUT2D eigenvalue weighted by Gasteiger charge is -2.23. The second kappa shape index (κ2) is 6.52. The quantitative estimate of drug-likeness (QED) is 0.636. The average molecular weight is 390 g/mol. The Bertz CT molecular complexity index is 834. The second-order valence-corrected chi connectivity index (χ2v) is 7.02. The number of piperidine rings is 1. The van der Waals surface area contributed by atoms with Crippen LogP contribution in [0, 0.1) is 0 Å². The van der Waals surface area contributed by atoms with E-state index in [1.807, 2.05) is 6.20 Å². The number of rotatable bonds is 4. The molecule has 0 radical (unpaired) electrons. The van der Waals surface area contributed by atoms with Gasteiger partial charge in [-0.05, 0) is 48.2 Å². The van der Waals surface area contributed by atoms with Crippen LogP contribution in [0.4, 0.5) is 5.82 Å². The Morgan fingerprint density at radius 1 is 1.33 bits per heavy atom. The Kier molecular flexibility index (Phi) is 4.24. The van der Waals surface area contributed by atoms with Crippen LogP contribution in [0.2, 0.25) is 0 Å². The predicted octanol–water partition coefficient (Wildman–Crippen LogP) is 2.54. The Morgan fingerprint density at radius 2 is 2.25 bits per heavy atom. The van der Waals surface area contributed by atoms with Crippen LogP contribution in [0.3, 0.4) is 0 Å². The molecule has 7 nitrogen and oxygen atoms in total. The number of anilines is 1. The van der Waals surface area contributed by atoms with E-state index in [-0.39, 0.29) is 0 Å². The first-order valence-electron chi connectivity index (χ1n) is 8.28. The Morgan fingerprint density at radius 3 is 3.00 bits per heavy atom. The van der Waals surface area contributed by atoms with Crippen molar-refractivity contribution < 1.29 is 0 Å². The molecule has 0 spiro atoms. The number of nitrogens with zero attached hydrogens (tertiary/aromatic N) is 4. The first-order chi connectivity index (χ1) is 11.7. The molecule has 1 atom stereocenters. The van der Waals surface area contributed by atoms with Crippen molar-refractivity contribution in [3.63, 3.8) is 0 Å². The van der Waals surface area contributed by atoms with E-state index in [0.717, 1.165) is 46.3 Å². The monoisotopic (exact) mass is 389 g/mol. The summed E-state index contributed by atoms with van der Waals surface area (Å²) in [4.78, 5) is 4.84.